The van der Waals surface area contributed by atoms with Crippen LogP contribution in [0.5, 0.6) is 0 Å². The molecule has 0 spiro atoms. The van der Waals surface area contributed by atoms with Gasteiger partial charge in [0.2, 0.25) is 0 Å². The summed E-state index contributed by atoms with van der Waals surface area (Å²) in [6.07, 6.45) is 6.34. The zero-order chi connectivity index (χ0) is 9.40. The fourth-order valence-electron chi connectivity index (χ4n) is 1.25. The highest BCUT2D eigenvalue weighted by Crippen LogP contribution is 2.14. The van der Waals surface area contributed by atoms with Crippen molar-refractivity contribution in [3.63, 3.8) is 0 Å². The summed E-state index contributed by atoms with van der Waals surface area (Å²) in [5, 5.41) is 0. The minimum Gasteiger partial charge on any atom is -0.303 e. The molecule has 0 saturated carbocycles. The van der Waals surface area contributed by atoms with Gasteiger partial charge in [-0.3, -0.25) is 0 Å². The number of carbonyl (C=O) groups excluding carboxylic acids is 1. The third kappa shape index (κ3) is 7.52. The van der Waals surface area contributed by atoms with Gasteiger partial charge in [-0.25, -0.2) is 0 Å². The first-order chi connectivity index (χ1) is 5.66. The molecule has 0 aromatic rings. The highest BCUT2D eigenvalue weighted by Gasteiger charge is 2.00. The number of aldehydes is 1. The van der Waals surface area contributed by atoms with Crippen molar-refractivity contribution >= 4 is 6.29 Å². The van der Waals surface area contributed by atoms with E-state index in [4.69, 9.17) is 0 Å². The maximum atomic E-state index is 10.1. The van der Waals surface area contributed by atoms with Crippen LogP contribution in [-0.2, 0) is 4.79 Å². The summed E-state index contributed by atoms with van der Waals surface area (Å²) in [4.78, 5) is 10.1. The molecule has 0 aliphatic rings. The van der Waals surface area contributed by atoms with Gasteiger partial charge in [0.1, 0.15) is 6.29 Å². The number of rotatable bonds is 7. The van der Waals surface area contributed by atoms with Crippen molar-refractivity contribution in [2.45, 2.75) is 46.0 Å². The van der Waals surface area contributed by atoms with Gasteiger partial charge in [0.05, 0.1) is 0 Å². The summed E-state index contributed by atoms with van der Waals surface area (Å²) >= 11 is 0. The summed E-state index contributed by atoms with van der Waals surface area (Å²) in [7, 11) is 0. The van der Waals surface area contributed by atoms with Gasteiger partial charge in [0.15, 0.2) is 0 Å². The van der Waals surface area contributed by atoms with Crippen LogP contribution in [0.15, 0.2) is 12.2 Å². The molecule has 0 amide bonds. The van der Waals surface area contributed by atoms with Crippen LogP contribution in [0.25, 0.3) is 0 Å². The molecule has 0 saturated heterocycles. The van der Waals surface area contributed by atoms with Crippen molar-refractivity contribution in [3.05, 3.63) is 12.2 Å². The normalized spacial score (nSPS) is 12.5. The van der Waals surface area contributed by atoms with Gasteiger partial charge in [-0.1, -0.05) is 18.9 Å². The summed E-state index contributed by atoms with van der Waals surface area (Å²) in [6.45, 7) is 8.13. The van der Waals surface area contributed by atoms with Gasteiger partial charge >= 0.3 is 0 Å². The van der Waals surface area contributed by atoms with Gasteiger partial charge in [0, 0.05) is 6.42 Å². The van der Waals surface area contributed by atoms with Crippen LogP contribution in [0.4, 0.5) is 0 Å². The molecular formula is C11H20O. The molecule has 0 aliphatic heterocycles. The third-order valence-electron chi connectivity index (χ3n) is 2.08. The second kappa shape index (κ2) is 7.08. The summed E-state index contributed by atoms with van der Waals surface area (Å²) < 4.78 is 0. The topological polar surface area (TPSA) is 17.1 Å². The fraction of sp³-hybridized carbons (Fsp3) is 0.727. The Hall–Kier alpha value is -0.590. The van der Waals surface area contributed by atoms with Crippen LogP contribution in [0.2, 0.25) is 0 Å². The van der Waals surface area contributed by atoms with E-state index < -0.39 is 0 Å². The van der Waals surface area contributed by atoms with Gasteiger partial charge in [-0.05, 0) is 32.1 Å². The van der Waals surface area contributed by atoms with Crippen LogP contribution in [-0.4, -0.2) is 6.29 Å². The minimum atomic E-state index is 0.689. The van der Waals surface area contributed by atoms with E-state index in [2.05, 4.69) is 20.4 Å². The average molecular weight is 168 g/mol. The van der Waals surface area contributed by atoms with Crippen LogP contribution in [0, 0.1) is 5.92 Å². The molecule has 0 aromatic carbocycles. The molecule has 70 valence electrons. The SMILES string of the molecule is C=C(C)CCCC(C)CCC=O. The third-order valence-corrected chi connectivity index (χ3v) is 2.08. The highest BCUT2D eigenvalue weighted by molar-refractivity contribution is 5.49. The average Bonchev–Trinajstić information content (AvgIpc) is 2.00. The maximum absolute atomic E-state index is 10.1. The Bertz CT molecular complexity index is 138. The van der Waals surface area contributed by atoms with E-state index in [1.54, 1.807) is 0 Å². The zero-order valence-electron chi connectivity index (χ0n) is 8.31. The van der Waals surface area contributed by atoms with E-state index in [1.807, 2.05) is 0 Å². The minimum absolute atomic E-state index is 0.689. The number of hydrogen-bond acceptors (Lipinski definition) is 1. The number of carbonyl (C=O) groups is 1. The van der Waals surface area contributed by atoms with E-state index in [1.165, 1.54) is 18.4 Å². The van der Waals surface area contributed by atoms with Gasteiger partial charge < -0.3 is 4.79 Å². The smallest absolute Gasteiger partial charge is 0.120 e. The van der Waals surface area contributed by atoms with E-state index in [0.717, 1.165) is 19.1 Å². The molecule has 1 nitrogen and oxygen atoms in total. The molecule has 12 heavy (non-hydrogen) atoms. The lowest BCUT2D eigenvalue weighted by molar-refractivity contribution is -0.108. The van der Waals surface area contributed by atoms with Crippen molar-refractivity contribution in [3.8, 4) is 0 Å². The molecule has 0 bridgehead atoms. The highest BCUT2D eigenvalue weighted by atomic mass is 16.1. The van der Waals surface area contributed by atoms with Crippen molar-refractivity contribution in [2.24, 2.45) is 5.92 Å². The van der Waals surface area contributed by atoms with Crippen molar-refractivity contribution in [1.82, 2.24) is 0 Å². The van der Waals surface area contributed by atoms with E-state index >= 15 is 0 Å². The van der Waals surface area contributed by atoms with Gasteiger partial charge in [0.25, 0.3) is 0 Å². The molecule has 0 aliphatic carbocycles. The van der Waals surface area contributed by atoms with Crippen LogP contribution in [0.3, 0.4) is 0 Å². The van der Waals surface area contributed by atoms with Gasteiger partial charge in [-0.15, -0.1) is 6.58 Å². The molecule has 0 aromatic heterocycles. The predicted octanol–water partition coefficient (Wildman–Crippen LogP) is 3.35. The van der Waals surface area contributed by atoms with E-state index in [-0.39, 0.29) is 0 Å². The Labute approximate surface area is 75.9 Å². The van der Waals surface area contributed by atoms with E-state index in [9.17, 15) is 4.79 Å². The molecule has 0 N–H and O–H groups in total. The first-order valence-corrected chi connectivity index (χ1v) is 4.74. The number of hydrogen-bond donors (Lipinski definition) is 0. The first kappa shape index (κ1) is 11.4. The lowest BCUT2D eigenvalue weighted by Crippen LogP contribution is -1.95. The number of allylic oxidation sites excluding steroid dienone is 1. The Morgan fingerprint density at radius 2 is 2.17 bits per heavy atom. The molecular weight excluding hydrogens is 148 g/mol. The molecule has 0 heterocycles. The van der Waals surface area contributed by atoms with Crippen molar-refractivity contribution < 1.29 is 4.79 Å². The quantitative estimate of drug-likeness (QED) is 0.421. The monoisotopic (exact) mass is 168 g/mol. The van der Waals surface area contributed by atoms with E-state index in [0.29, 0.717) is 12.3 Å². The molecule has 0 radical (unpaired) electrons. The van der Waals surface area contributed by atoms with Crippen molar-refractivity contribution in [1.29, 1.82) is 0 Å². The van der Waals surface area contributed by atoms with Gasteiger partial charge in [-0.2, -0.15) is 0 Å². The van der Waals surface area contributed by atoms with Crippen LogP contribution >= 0.6 is 0 Å². The summed E-state index contributed by atoms with van der Waals surface area (Å²) in [5.74, 6) is 0.689. The predicted molar refractivity (Wildman–Crippen MR) is 53.1 cm³/mol. The molecule has 1 unspecified atom stereocenters. The Kier molecular flexibility index (Phi) is 6.73. The Morgan fingerprint density at radius 1 is 1.50 bits per heavy atom. The lowest BCUT2D eigenvalue weighted by atomic mass is 9.98. The lowest BCUT2D eigenvalue weighted by Gasteiger charge is -2.08. The molecule has 0 rings (SSSR count). The second-order valence-electron chi connectivity index (χ2n) is 3.70. The first-order valence-electron chi connectivity index (χ1n) is 4.74. The second-order valence-corrected chi connectivity index (χ2v) is 3.70. The molecule has 0 fully saturated rings. The molecule has 1 heteroatoms. The zero-order valence-corrected chi connectivity index (χ0v) is 8.31. The van der Waals surface area contributed by atoms with Crippen LogP contribution < -0.4 is 0 Å². The van der Waals surface area contributed by atoms with Crippen molar-refractivity contribution in [2.75, 3.05) is 0 Å². The summed E-state index contributed by atoms with van der Waals surface area (Å²) in [6, 6.07) is 0. The van der Waals surface area contributed by atoms with Crippen LogP contribution in [0.1, 0.15) is 46.0 Å². The summed E-state index contributed by atoms with van der Waals surface area (Å²) in [5.41, 5.74) is 1.26. The molecule has 1 atom stereocenters. The largest absolute Gasteiger partial charge is 0.303 e. The maximum Gasteiger partial charge on any atom is 0.120 e. The fourth-order valence-corrected chi connectivity index (χ4v) is 1.25. The Balaban J connectivity index is 3.24. The Morgan fingerprint density at radius 3 is 2.67 bits per heavy atom. The standard InChI is InChI=1S/C11H20O/c1-10(2)6-4-7-11(3)8-5-9-12/h9,11H,1,4-8H2,2-3H3.